The Morgan fingerprint density at radius 1 is 1.03 bits per heavy atom. The summed E-state index contributed by atoms with van der Waals surface area (Å²) >= 11 is 3.40. The van der Waals surface area contributed by atoms with Gasteiger partial charge in [0.05, 0.1) is 18.5 Å². The second-order valence-corrected chi connectivity index (χ2v) is 10.1. The molecule has 0 saturated heterocycles. The van der Waals surface area contributed by atoms with Gasteiger partial charge in [0.15, 0.2) is 0 Å². The predicted octanol–water partition coefficient (Wildman–Crippen LogP) is 5.76. The van der Waals surface area contributed by atoms with Crippen LogP contribution in [0.1, 0.15) is 19.4 Å². The number of hydrogen-bond donors (Lipinski definition) is 2. The number of carbonyl (C=O) groups is 1. The molecule has 1 amide bonds. The Labute approximate surface area is 215 Å². The van der Waals surface area contributed by atoms with E-state index in [4.69, 9.17) is 4.74 Å². The number of ether oxygens (including phenoxy) is 1. The van der Waals surface area contributed by atoms with Crippen molar-refractivity contribution in [3.63, 3.8) is 0 Å². The lowest BCUT2D eigenvalue weighted by atomic mass is 10.2. The van der Waals surface area contributed by atoms with E-state index >= 15 is 0 Å². The molecule has 3 aromatic rings. The molecule has 0 unspecified atom stereocenters. The standard InChI is InChI=1S/C26H28BrN3O4S/c1-4-30(5-2)23-15-14-21(28-26(31)16-13-19-9-8-10-20(27)17-19)18-25(23)35(32,33)29-22-11-6-7-12-24(22)34-3/h6-18,29H,4-5H2,1-3H3,(H,28,31)/b16-13+. The molecule has 184 valence electrons. The molecule has 3 aromatic carbocycles. The average molecular weight is 558 g/mol. The van der Waals surface area contributed by atoms with Gasteiger partial charge >= 0.3 is 0 Å². The van der Waals surface area contributed by atoms with E-state index in [1.165, 1.54) is 19.3 Å². The van der Waals surface area contributed by atoms with E-state index < -0.39 is 10.0 Å². The number of nitrogens with one attached hydrogen (secondary N) is 2. The van der Waals surface area contributed by atoms with E-state index in [-0.39, 0.29) is 10.8 Å². The number of halogens is 1. The summed E-state index contributed by atoms with van der Waals surface area (Å²) in [6, 6.07) is 19.2. The number of hydrogen-bond acceptors (Lipinski definition) is 5. The van der Waals surface area contributed by atoms with Crippen molar-refractivity contribution < 1.29 is 17.9 Å². The predicted molar refractivity (Wildman–Crippen MR) is 146 cm³/mol. The minimum absolute atomic E-state index is 0.0564. The highest BCUT2D eigenvalue weighted by Gasteiger charge is 2.23. The van der Waals surface area contributed by atoms with Gasteiger partial charge in [-0.3, -0.25) is 9.52 Å². The Bertz CT molecular complexity index is 1320. The summed E-state index contributed by atoms with van der Waals surface area (Å²) in [6.45, 7) is 5.15. The zero-order chi connectivity index (χ0) is 25.4. The third-order valence-corrected chi connectivity index (χ3v) is 7.14. The molecular weight excluding hydrogens is 530 g/mol. The van der Waals surface area contributed by atoms with Crippen molar-refractivity contribution in [3.05, 3.63) is 82.8 Å². The van der Waals surface area contributed by atoms with E-state index in [2.05, 4.69) is 26.0 Å². The van der Waals surface area contributed by atoms with Crippen LogP contribution in [0, 0.1) is 0 Å². The van der Waals surface area contributed by atoms with Crippen LogP contribution in [0.3, 0.4) is 0 Å². The zero-order valence-corrected chi connectivity index (χ0v) is 22.2. The first-order chi connectivity index (χ1) is 16.8. The number of amides is 1. The topological polar surface area (TPSA) is 87.7 Å². The van der Waals surface area contributed by atoms with Crippen LogP contribution in [0.5, 0.6) is 5.75 Å². The van der Waals surface area contributed by atoms with Crippen LogP contribution >= 0.6 is 15.9 Å². The van der Waals surface area contributed by atoms with Crippen LogP contribution < -0.4 is 19.7 Å². The summed E-state index contributed by atoms with van der Waals surface area (Å²) < 4.78 is 35.8. The van der Waals surface area contributed by atoms with Gasteiger partial charge < -0.3 is 15.0 Å². The van der Waals surface area contributed by atoms with Gasteiger partial charge in [-0.05, 0) is 68.0 Å². The molecule has 2 N–H and O–H groups in total. The van der Waals surface area contributed by atoms with E-state index in [0.29, 0.717) is 35.9 Å². The first-order valence-electron chi connectivity index (χ1n) is 11.1. The normalized spacial score (nSPS) is 11.3. The monoisotopic (exact) mass is 557 g/mol. The molecule has 0 bridgehead atoms. The van der Waals surface area contributed by atoms with Gasteiger partial charge in [0, 0.05) is 29.3 Å². The van der Waals surface area contributed by atoms with Gasteiger partial charge in [-0.1, -0.05) is 40.2 Å². The van der Waals surface area contributed by atoms with E-state index in [1.807, 2.05) is 43.0 Å². The number of carbonyl (C=O) groups excluding carboxylic acids is 1. The van der Waals surface area contributed by atoms with Crippen LogP contribution in [-0.2, 0) is 14.8 Å². The second-order valence-electron chi connectivity index (χ2n) is 7.54. The van der Waals surface area contributed by atoms with Crippen molar-refractivity contribution in [1.29, 1.82) is 0 Å². The summed E-state index contributed by atoms with van der Waals surface area (Å²) in [5.74, 6) is 0.0317. The third kappa shape index (κ3) is 6.86. The lowest BCUT2D eigenvalue weighted by Gasteiger charge is -2.25. The van der Waals surface area contributed by atoms with Gasteiger partial charge in [-0.15, -0.1) is 0 Å². The van der Waals surface area contributed by atoms with Gasteiger partial charge in [0.1, 0.15) is 10.6 Å². The minimum atomic E-state index is -4.01. The Kier molecular flexibility index (Phi) is 8.95. The highest BCUT2D eigenvalue weighted by molar-refractivity contribution is 9.10. The van der Waals surface area contributed by atoms with Gasteiger partial charge in [-0.2, -0.15) is 0 Å². The summed E-state index contributed by atoms with van der Waals surface area (Å²) in [6.07, 6.45) is 3.09. The molecule has 0 fully saturated rings. The van der Waals surface area contributed by atoms with Crippen LogP contribution in [-0.4, -0.2) is 34.5 Å². The molecule has 0 aromatic heterocycles. The average Bonchev–Trinajstić information content (AvgIpc) is 2.84. The van der Waals surface area contributed by atoms with Crippen molar-refractivity contribution in [3.8, 4) is 5.75 Å². The lowest BCUT2D eigenvalue weighted by Crippen LogP contribution is -2.26. The molecule has 7 nitrogen and oxygen atoms in total. The lowest BCUT2D eigenvalue weighted by molar-refractivity contribution is -0.111. The van der Waals surface area contributed by atoms with Crippen LogP contribution in [0.15, 0.2) is 82.2 Å². The van der Waals surface area contributed by atoms with Crippen LogP contribution in [0.4, 0.5) is 17.1 Å². The maximum atomic E-state index is 13.5. The molecule has 0 atom stereocenters. The number of methoxy groups -OCH3 is 1. The largest absolute Gasteiger partial charge is 0.495 e. The molecule has 0 saturated carbocycles. The Hall–Kier alpha value is -3.30. The van der Waals surface area contributed by atoms with Crippen molar-refractivity contribution in [2.24, 2.45) is 0 Å². The quantitative estimate of drug-likeness (QED) is 0.309. The molecule has 3 rings (SSSR count). The highest BCUT2D eigenvalue weighted by atomic mass is 79.9. The Morgan fingerprint density at radius 3 is 2.46 bits per heavy atom. The first-order valence-corrected chi connectivity index (χ1v) is 13.3. The van der Waals surface area contributed by atoms with Crippen LogP contribution in [0.25, 0.3) is 6.08 Å². The fraction of sp³-hybridized carbons (Fsp3) is 0.192. The number of anilines is 3. The summed E-state index contributed by atoms with van der Waals surface area (Å²) in [5, 5.41) is 2.75. The summed E-state index contributed by atoms with van der Waals surface area (Å²) in [5.41, 5.74) is 2.09. The third-order valence-electron chi connectivity index (χ3n) is 5.25. The number of para-hydroxylation sites is 2. The maximum absolute atomic E-state index is 13.5. The number of rotatable bonds is 10. The smallest absolute Gasteiger partial charge is 0.264 e. The molecule has 0 heterocycles. The Morgan fingerprint density at radius 2 is 1.77 bits per heavy atom. The molecule has 9 heteroatoms. The molecule has 35 heavy (non-hydrogen) atoms. The molecular formula is C26H28BrN3O4S. The van der Waals surface area contributed by atoms with Gasteiger partial charge in [0.25, 0.3) is 10.0 Å². The van der Waals surface area contributed by atoms with E-state index in [0.717, 1.165) is 10.0 Å². The number of sulfonamides is 1. The summed E-state index contributed by atoms with van der Waals surface area (Å²) in [4.78, 5) is 14.5. The van der Waals surface area contributed by atoms with E-state index in [9.17, 15) is 13.2 Å². The maximum Gasteiger partial charge on any atom is 0.264 e. The van der Waals surface area contributed by atoms with Gasteiger partial charge in [0.2, 0.25) is 5.91 Å². The minimum Gasteiger partial charge on any atom is -0.495 e. The molecule has 0 radical (unpaired) electrons. The molecule has 0 spiro atoms. The van der Waals surface area contributed by atoms with Crippen molar-refractivity contribution in [2.75, 3.05) is 35.1 Å². The van der Waals surface area contributed by atoms with Crippen molar-refractivity contribution in [2.45, 2.75) is 18.7 Å². The molecule has 0 aliphatic heterocycles. The molecule has 0 aliphatic carbocycles. The van der Waals surface area contributed by atoms with Crippen LogP contribution in [0.2, 0.25) is 0 Å². The fourth-order valence-corrected chi connectivity index (χ4v) is 5.27. The highest BCUT2D eigenvalue weighted by Crippen LogP contribution is 2.32. The SMILES string of the molecule is CCN(CC)c1ccc(NC(=O)/C=C/c2cccc(Br)c2)cc1S(=O)(=O)Nc1ccccc1OC. The summed E-state index contributed by atoms with van der Waals surface area (Å²) in [7, 11) is -2.53. The molecule has 0 aliphatic rings. The number of benzene rings is 3. The second kappa shape index (κ2) is 11.9. The first kappa shape index (κ1) is 26.3. The fourth-order valence-electron chi connectivity index (χ4n) is 3.53. The van der Waals surface area contributed by atoms with Crippen molar-refractivity contribution in [1.82, 2.24) is 0 Å². The van der Waals surface area contributed by atoms with Crippen molar-refractivity contribution >= 4 is 55.0 Å². The number of nitrogens with zero attached hydrogens (tertiary/aromatic N) is 1. The Balaban J connectivity index is 1.93. The van der Waals surface area contributed by atoms with Gasteiger partial charge in [-0.25, -0.2) is 8.42 Å². The van der Waals surface area contributed by atoms with E-state index in [1.54, 1.807) is 42.5 Å². The zero-order valence-electron chi connectivity index (χ0n) is 19.8.